The van der Waals surface area contributed by atoms with E-state index in [1.165, 1.54) is 14.0 Å². The van der Waals surface area contributed by atoms with Crippen molar-refractivity contribution in [2.75, 3.05) is 45.2 Å². The fourth-order valence-electron chi connectivity index (χ4n) is 11.2. The number of aliphatic hydroxyl groups is 5. The molecule has 1 aromatic rings. The maximum atomic E-state index is 14.6. The van der Waals surface area contributed by atoms with Crippen molar-refractivity contribution in [1.82, 2.24) is 15.5 Å². The number of carbonyl (C=O) groups is 2. The number of carbonyl (C=O) groups excluding carboxylic acids is 2. The molecule has 4 aliphatic heterocycles. The van der Waals surface area contributed by atoms with Gasteiger partial charge in [0.25, 0.3) is 0 Å². The summed E-state index contributed by atoms with van der Waals surface area (Å²) in [5.41, 5.74) is -5.93. The van der Waals surface area contributed by atoms with Gasteiger partial charge in [-0.2, -0.15) is 0 Å². The van der Waals surface area contributed by atoms with Crippen LogP contribution >= 0.6 is 0 Å². The molecule has 4 heterocycles. The monoisotopic (exact) mass is 937 g/mol. The summed E-state index contributed by atoms with van der Waals surface area (Å²) in [5, 5.41) is 68.3. The van der Waals surface area contributed by atoms with Gasteiger partial charge >= 0.3 is 12.0 Å². The third-order valence-electron chi connectivity index (χ3n) is 15.1. The molecule has 0 aromatic heterocycles. The molecule has 4 saturated heterocycles. The first-order chi connectivity index (χ1) is 31.0. The molecule has 0 radical (unpaired) electrons. The van der Waals surface area contributed by atoms with Crippen molar-refractivity contribution in [2.24, 2.45) is 17.8 Å². The third-order valence-corrected chi connectivity index (χ3v) is 15.1. The Hall–Kier alpha value is -2.52. The molecule has 17 nitrogen and oxygen atoms in total. The Morgan fingerprint density at radius 2 is 1.62 bits per heavy atom. The number of cyclic esters (lactones) is 1. The van der Waals surface area contributed by atoms with Crippen LogP contribution in [0.15, 0.2) is 30.3 Å². The highest BCUT2D eigenvalue weighted by Gasteiger charge is 2.62. The molecule has 17 heteroatoms. The van der Waals surface area contributed by atoms with Gasteiger partial charge in [-0.15, -0.1) is 0 Å². The van der Waals surface area contributed by atoms with Gasteiger partial charge in [-0.05, 0) is 97.9 Å². The standard InChI is InChI=1S/C49H84N4O13/c1-13-21-50-28-49(60)33(8)62-38-26-48(49,61-12)25-35-23-36(53(22-14-2)45(57)52(11)34-19-17-16-18-20-34)39(54)44(63-35)66-42-30(5)40(65-38)31(6)43(56)64-37(15-3)47(10,59)41(55)32(7)51-27-29(4)24-46(42,9)58/h16-20,29-33,35-42,44,50-51,54-55,58-60H,13-15,21-28H2,1-12H3/t29-,30+,31-,32-,33+,35+,36+,37-,38+,39-,40+,41-,42-,44+,46-,47-,48-,49+/m1/s1. The number of urea groups is 1. The van der Waals surface area contributed by atoms with E-state index in [0.717, 1.165) is 6.42 Å². The SMILES string of the molecule is CCCNC[C@]1(O)[C@H](C)O[C@@H]2C[C@]1(OC)C[C@@H]1C[C@H](N(CCC)C(=O)N(C)c3ccccc3)[C@@H](O)[C@@H](O1)O[C@@H]1[C@@H](C)[C@H](O2)[C@@H](C)C(=O)O[C@H](CC)[C@@](C)(O)[C@H](O)[C@@H](C)NC[C@H](C)C[C@@]1(C)O. The van der Waals surface area contributed by atoms with Crippen LogP contribution in [0.5, 0.6) is 0 Å². The zero-order chi connectivity index (χ0) is 48.9. The zero-order valence-corrected chi connectivity index (χ0v) is 41.6. The van der Waals surface area contributed by atoms with Crippen LogP contribution < -0.4 is 15.5 Å². The molecule has 18 atom stereocenters. The van der Waals surface area contributed by atoms with Crippen LogP contribution in [0.4, 0.5) is 10.5 Å². The van der Waals surface area contributed by atoms with Gasteiger partial charge in [0.15, 0.2) is 12.6 Å². The van der Waals surface area contributed by atoms with Crippen molar-refractivity contribution in [3.63, 3.8) is 0 Å². The highest BCUT2D eigenvalue weighted by molar-refractivity contribution is 5.91. The molecule has 4 aliphatic rings. The lowest BCUT2D eigenvalue weighted by atomic mass is 9.70. The van der Waals surface area contributed by atoms with E-state index in [0.29, 0.717) is 31.7 Å². The number of anilines is 1. The number of amides is 2. The highest BCUT2D eigenvalue weighted by atomic mass is 16.7. The number of hydrogen-bond acceptors (Lipinski definition) is 15. The lowest BCUT2D eigenvalue weighted by Gasteiger charge is -2.57. The molecule has 378 valence electrons. The largest absolute Gasteiger partial charge is 0.459 e. The maximum Gasteiger partial charge on any atom is 0.324 e. The molecule has 0 aliphatic carbocycles. The minimum absolute atomic E-state index is 0.0176. The molecule has 66 heavy (non-hydrogen) atoms. The summed E-state index contributed by atoms with van der Waals surface area (Å²) in [6.45, 7) is 19.1. The number of para-hydroxylation sites is 1. The highest BCUT2D eigenvalue weighted by Crippen LogP contribution is 2.48. The summed E-state index contributed by atoms with van der Waals surface area (Å²) in [4.78, 5) is 32.4. The van der Waals surface area contributed by atoms with Crippen LogP contribution in [0.25, 0.3) is 0 Å². The van der Waals surface area contributed by atoms with Gasteiger partial charge < -0.3 is 69.5 Å². The van der Waals surface area contributed by atoms with Crippen molar-refractivity contribution in [2.45, 2.75) is 204 Å². The molecule has 7 N–H and O–H groups in total. The predicted molar refractivity (Wildman–Crippen MR) is 248 cm³/mol. The molecule has 0 spiro atoms. The molecule has 6 bridgehead atoms. The Bertz CT molecular complexity index is 1710. The average Bonchev–Trinajstić information content (AvgIpc) is 3.28. The number of benzene rings is 1. The Kier molecular flexibility index (Phi) is 18.5. The number of esters is 1. The summed E-state index contributed by atoms with van der Waals surface area (Å²) >= 11 is 0. The van der Waals surface area contributed by atoms with Crippen molar-refractivity contribution < 1.29 is 63.5 Å². The van der Waals surface area contributed by atoms with Crippen LogP contribution in [0, 0.1) is 17.8 Å². The Morgan fingerprint density at radius 3 is 2.24 bits per heavy atom. The first-order valence-corrected chi connectivity index (χ1v) is 24.5. The van der Waals surface area contributed by atoms with Crippen LogP contribution in [0.3, 0.4) is 0 Å². The first kappa shape index (κ1) is 54.4. The number of ether oxygens (including phenoxy) is 6. The van der Waals surface area contributed by atoms with E-state index in [1.807, 2.05) is 51.1 Å². The topological polar surface area (TPSA) is 221 Å². The van der Waals surface area contributed by atoms with E-state index in [4.69, 9.17) is 28.4 Å². The number of methoxy groups -OCH3 is 1. The lowest BCUT2D eigenvalue weighted by molar-refractivity contribution is -0.358. The lowest BCUT2D eigenvalue weighted by Crippen LogP contribution is -2.72. The second-order valence-electron chi connectivity index (χ2n) is 20.4. The smallest absolute Gasteiger partial charge is 0.324 e. The Labute approximate surface area is 393 Å². The van der Waals surface area contributed by atoms with Crippen LogP contribution in [0.1, 0.15) is 114 Å². The number of nitrogens with zero attached hydrogens (tertiary/aromatic N) is 2. The summed E-state index contributed by atoms with van der Waals surface area (Å²) in [7, 11) is 3.22. The van der Waals surface area contributed by atoms with Gasteiger partial charge in [0, 0.05) is 57.7 Å². The van der Waals surface area contributed by atoms with E-state index in [-0.39, 0.29) is 50.6 Å². The molecular formula is C49H84N4O13. The van der Waals surface area contributed by atoms with Gasteiger partial charge in [0.2, 0.25) is 0 Å². The van der Waals surface area contributed by atoms with Gasteiger partial charge in [0.1, 0.15) is 35.1 Å². The molecule has 0 unspecified atom stereocenters. The van der Waals surface area contributed by atoms with Gasteiger partial charge in [-0.3, -0.25) is 9.69 Å². The van der Waals surface area contributed by atoms with Crippen LogP contribution in [-0.2, 0) is 33.2 Å². The number of fused-ring (bicyclic) bond motifs is 6. The second kappa shape index (κ2) is 22.5. The number of nitrogens with one attached hydrogen (secondary N) is 2. The van der Waals surface area contributed by atoms with Crippen molar-refractivity contribution in [3.05, 3.63) is 30.3 Å². The minimum atomic E-state index is -1.85. The second-order valence-corrected chi connectivity index (χ2v) is 20.4. The summed E-state index contributed by atoms with van der Waals surface area (Å²) in [6.07, 6.45) is -8.43. The van der Waals surface area contributed by atoms with E-state index < -0.39 is 108 Å². The van der Waals surface area contributed by atoms with E-state index in [9.17, 15) is 35.1 Å². The summed E-state index contributed by atoms with van der Waals surface area (Å²) in [5.74, 6) is -2.90. The van der Waals surface area contributed by atoms with Gasteiger partial charge in [-0.1, -0.05) is 52.8 Å². The fourth-order valence-corrected chi connectivity index (χ4v) is 11.2. The predicted octanol–water partition coefficient (Wildman–Crippen LogP) is 3.70. The summed E-state index contributed by atoms with van der Waals surface area (Å²) in [6, 6.07) is 7.42. The molecule has 1 aromatic carbocycles. The molecular weight excluding hydrogens is 853 g/mol. The third kappa shape index (κ3) is 11.4. The summed E-state index contributed by atoms with van der Waals surface area (Å²) < 4.78 is 40.0. The minimum Gasteiger partial charge on any atom is -0.459 e. The molecule has 5 rings (SSSR count). The number of hydrogen-bond donors (Lipinski definition) is 7. The van der Waals surface area contributed by atoms with Crippen molar-refractivity contribution in [3.8, 4) is 0 Å². The van der Waals surface area contributed by atoms with Crippen LogP contribution in [-0.4, -0.2) is 173 Å². The number of aliphatic hydroxyl groups excluding tert-OH is 2. The van der Waals surface area contributed by atoms with Gasteiger partial charge in [-0.25, -0.2) is 4.79 Å². The maximum absolute atomic E-state index is 14.6. The first-order valence-electron chi connectivity index (χ1n) is 24.5. The molecule has 2 amide bonds. The average molecular weight is 937 g/mol. The van der Waals surface area contributed by atoms with E-state index in [1.54, 1.807) is 58.4 Å². The van der Waals surface area contributed by atoms with Crippen molar-refractivity contribution in [1.29, 1.82) is 0 Å². The van der Waals surface area contributed by atoms with Crippen molar-refractivity contribution >= 4 is 17.7 Å². The van der Waals surface area contributed by atoms with E-state index >= 15 is 0 Å². The molecule has 4 fully saturated rings. The normalized spacial score (nSPS) is 43.0. The van der Waals surface area contributed by atoms with E-state index in [2.05, 4.69) is 10.6 Å². The Balaban J connectivity index is 1.70. The van der Waals surface area contributed by atoms with Gasteiger partial charge in [0.05, 0.1) is 42.0 Å². The Morgan fingerprint density at radius 1 is 0.939 bits per heavy atom. The molecule has 0 saturated carbocycles. The quantitative estimate of drug-likeness (QED) is 0.131. The number of rotatable bonds is 10. The zero-order valence-electron chi connectivity index (χ0n) is 41.6. The fraction of sp³-hybridized carbons (Fsp3) is 0.837. The van der Waals surface area contributed by atoms with Crippen LogP contribution in [0.2, 0.25) is 0 Å².